The van der Waals surface area contributed by atoms with Crippen molar-refractivity contribution in [1.82, 2.24) is 4.90 Å². The molecule has 1 fully saturated rings. The summed E-state index contributed by atoms with van der Waals surface area (Å²) in [6, 6.07) is 1.30. The van der Waals surface area contributed by atoms with Crippen molar-refractivity contribution in [2.45, 2.75) is 31.8 Å². The average Bonchev–Trinajstić information content (AvgIpc) is 2.51. The van der Waals surface area contributed by atoms with Crippen molar-refractivity contribution >= 4 is 15.9 Å². The fourth-order valence-electron chi connectivity index (χ4n) is 1.94. The first-order valence-electron chi connectivity index (χ1n) is 4.60. The van der Waals surface area contributed by atoms with Gasteiger partial charge in [-0.1, -0.05) is 15.9 Å². The van der Waals surface area contributed by atoms with Crippen LogP contribution in [0.15, 0.2) is 0 Å². The maximum atomic E-state index is 5.15. The third-order valence-corrected chi connectivity index (χ3v) is 3.32. The highest BCUT2D eigenvalue weighted by atomic mass is 79.9. The van der Waals surface area contributed by atoms with E-state index in [9.17, 15) is 0 Å². The number of hydrogen-bond donors (Lipinski definition) is 0. The quantitative estimate of drug-likeness (QED) is 0.691. The molecule has 1 saturated heterocycles. The third kappa shape index (κ3) is 2.44. The molecular weight excluding hydrogens is 218 g/mol. The minimum atomic E-state index is 0.569. The molecule has 0 bridgehead atoms. The molecule has 1 heterocycles. The Morgan fingerprint density at radius 3 is 3.00 bits per heavy atom. The zero-order chi connectivity index (χ0) is 8.97. The molecule has 72 valence electrons. The van der Waals surface area contributed by atoms with E-state index in [1.807, 2.05) is 0 Å². The van der Waals surface area contributed by atoms with E-state index < -0.39 is 0 Å². The predicted octanol–water partition coefficient (Wildman–Crippen LogP) is 1.88. The van der Waals surface area contributed by atoms with Gasteiger partial charge in [-0.05, 0) is 26.3 Å². The highest BCUT2D eigenvalue weighted by Gasteiger charge is 2.27. The van der Waals surface area contributed by atoms with Crippen LogP contribution in [-0.2, 0) is 4.74 Å². The highest BCUT2D eigenvalue weighted by Crippen LogP contribution is 2.21. The first-order chi connectivity index (χ1) is 5.79. The number of nitrogens with zero attached hydrogens (tertiary/aromatic N) is 1. The molecule has 1 aliphatic rings. The maximum absolute atomic E-state index is 5.15. The lowest BCUT2D eigenvalue weighted by atomic mass is 10.2. The summed E-state index contributed by atoms with van der Waals surface area (Å²) in [5.74, 6) is 0. The van der Waals surface area contributed by atoms with E-state index in [2.05, 4.69) is 27.8 Å². The van der Waals surface area contributed by atoms with Gasteiger partial charge in [0.1, 0.15) is 0 Å². The van der Waals surface area contributed by atoms with Crippen molar-refractivity contribution in [2.75, 3.05) is 25.6 Å². The van der Waals surface area contributed by atoms with Gasteiger partial charge < -0.3 is 4.74 Å². The van der Waals surface area contributed by atoms with Crippen molar-refractivity contribution in [3.8, 4) is 0 Å². The number of rotatable bonds is 4. The molecule has 0 radical (unpaired) electrons. The largest absolute Gasteiger partial charge is 0.383 e. The Morgan fingerprint density at radius 2 is 2.42 bits per heavy atom. The number of ether oxygens (including phenoxy) is 1. The Balaban J connectivity index is 2.38. The van der Waals surface area contributed by atoms with E-state index >= 15 is 0 Å². The van der Waals surface area contributed by atoms with Crippen molar-refractivity contribution in [3.05, 3.63) is 0 Å². The Hall–Kier alpha value is 0.400. The van der Waals surface area contributed by atoms with Crippen molar-refractivity contribution in [1.29, 1.82) is 0 Å². The fourth-order valence-corrected chi connectivity index (χ4v) is 2.64. The molecule has 2 atom stereocenters. The third-order valence-electron chi connectivity index (χ3n) is 2.57. The molecule has 0 N–H and O–H groups in total. The Kier molecular flexibility index (Phi) is 4.54. The summed E-state index contributed by atoms with van der Waals surface area (Å²) in [4.78, 5) is 2.54. The van der Waals surface area contributed by atoms with Crippen LogP contribution in [0.3, 0.4) is 0 Å². The predicted molar refractivity (Wildman–Crippen MR) is 54.9 cm³/mol. The lowest BCUT2D eigenvalue weighted by Gasteiger charge is -2.28. The summed E-state index contributed by atoms with van der Waals surface area (Å²) < 4.78 is 5.15. The van der Waals surface area contributed by atoms with Crippen LogP contribution in [0.1, 0.15) is 19.8 Å². The lowest BCUT2D eigenvalue weighted by Crippen LogP contribution is -2.40. The van der Waals surface area contributed by atoms with Gasteiger partial charge in [0.15, 0.2) is 0 Å². The van der Waals surface area contributed by atoms with Crippen LogP contribution in [-0.4, -0.2) is 42.6 Å². The molecule has 2 unspecified atom stereocenters. The fraction of sp³-hybridized carbons (Fsp3) is 1.00. The summed E-state index contributed by atoms with van der Waals surface area (Å²) in [6.45, 7) is 4.33. The maximum Gasteiger partial charge on any atom is 0.0615 e. The van der Waals surface area contributed by atoms with E-state index in [4.69, 9.17) is 4.74 Å². The Labute approximate surface area is 83.4 Å². The van der Waals surface area contributed by atoms with E-state index in [1.54, 1.807) is 7.11 Å². The standard InChI is InChI=1S/C9H18BrNO/c1-8(7-12-2)11-5-3-4-9(11)6-10/h8-9H,3-7H2,1-2H3. The van der Waals surface area contributed by atoms with E-state index in [0.717, 1.165) is 18.0 Å². The molecule has 0 aromatic heterocycles. The number of likely N-dealkylation sites (tertiary alicyclic amines) is 1. The van der Waals surface area contributed by atoms with Crippen molar-refractivity contribution in [3.63, 3.8) is 0 Å². The topological polar surface area (TPSA) is 12.5 Å². The summed E-state index contributed by atoms with van der Waals surface area (Å²) in [5, 5.41) is 1.10. The number of hydrogen-bond acceptors (Lipinski definition) is 2. The van der Waals surface area contributed by atoms with Crippen molar-refractivity contribution in [2.24, 2.45) is 0 Å². The summed E-state index contributed by atoms with van der Waals surface area (Å²) in [7, 11) is 1.77. The summed E-state index contributed by atoms with van der Waals surface area (Å²) in [5.41, 5.74) is 0. The van der Waals surface area contributed by atoms with Crippen LogP contribution in [0.2, 0.25) is 0 Å². The van der Waals surface area contributed by atoms with Gasteiger partial charge in [-0.3, -0.25) is 4.90 Å². The molecule has 12 heavy (non-hydrogen) atoms. The SMILES string of the molecule is COCC(C)N1CCCC1CBr. The number of halogens is 1. The normalized spacial score (nSPS) is 27.8. The van der Waals surface area contributed by atoms with Gasteiger partial charge in [-0.25, -0.2) is 0 Å². The van der Waals surface area contributed by atoms with Gasteiger partial charge in [0.2, 0.25) is 0 Å². The highest BCUT2D eigenvalue weighted by molar-refractivity contribution is 9.09. The van der Waals surface area contributed by atoms with Crippen LogP contribution in [0.5, 0.6) is 0 Å². The van der Waals surface area contributed by atoms with Crippen molar-refractivity contribution < 1.29 is 4.74 Å². The van der Waals surface area contributed by atoms with E-state index in [0.29, 0.717) is 6.04 Å². The van der Waals surface area contributed by atoms with E-state index in [1.165, 1.54) is 19.4 Å². The first kappa shape index (κ1) is 10.5. The van der Waals surface area contributed by atoms with E-state index in [-0.39, 0.29) is 0 Å². The second-order valence-corrected chi connectivity index (χ2v) is 4.14. The smallest absolute Gasteiger partial charge is 0.0615 e. The second kappa shape index (κ2) is 5.20. The molecule has 2 nitrogen and oxygen atoms in total. The Bertz CT molecular complexity index is 132. The van der Waals surface area contributed by atoms with Crippen LogP contribution in [0, 0.1) is 0 Å². The zero-order valence-electron chi connectivity index (χ0n) is 7.92. The molecule has 1 rings (SSSR count). The van der Waals surface area contributed by atoms with Crippen LogP contribution in [0.25, 0.3) is 0 Å². The number of methoxy groups -OCH3 is 1. The van der Waals surface area contributed by atoms with Crippen LogP contribution < -0.4 is 0 Å². The van der Waals surface area contributed by atoms with Crippen LogP contribution >= 0.6 is 15.9 Å². The summed E-state index contributed by atoms with van der Waals surface area (Å²) in [6.07, 6.45) is 2.67. The molecule has 0 aliphatic carbocycles. The lowest BCUT2D eigenvalue weighted by molar-refractivity contribution is 0.0970. The second-order valence-electron chi connectivity index (χ2n) is 3.49. The van der Waals surface area contributed by atoms with Crippen LogP contribution in [0.4, 0.5) is 0 Å². The molecule has 0 spiro atoms. The van der Waals surface area contributed by atoms with Gasteiger partial charge in [0, 0.05) is 24.5 Å². The van der Waals surface area contributed by atoms with Gasteiger partial charge in [-0.15, -0.1) is 0 Å². The number of alkyl halides is 1. The molecule has 1 aliphatic heterocycles. The molecule has 3 heteroatoms. The van der Waals surface area contributed by atoms with Gasteiger partial charge in [-0.2, -0.15) is 0 Å². The zero-order valence-corrected chi connectivity index (χ0v) is 9.51. The molecule has 0 amide bonds. The monoisotopic (exact) mass is 235 g/mol. The molecule has 0 aromatic rings. The summed E-state index contributed by atoms with van der Waals surface area (Å²) >= 11 is 3.55. The Morgan fingerprint density at radius 1 is 1.67 bits per heavy atom. The average molecular weight is 236 g/mol. The van der Waals surface area contributed by atoms with Gasteiger partial charge in [0.25, 0.3) is 0 Å². The van der Waals surface area contributed by atoms with Gasteiger partial charge in [0.05, 0.1) is 6.61 Å². The molecule has 0 saturated carbocycles. The molecular formula is C9H18BrNO. The first-order valence-corrected chi connectivity index (χ1v) is 5.72. The minimum Gasteiger partial charge on any atom is -0.383 e. The van der Waals surface area contributed by atoms with Gasteiger partial charge >= 0.3 is 0 Å². The minimum absolute atomic E-state index is 0.569. The molecule has 0 aromatic carbocycles.